The smallest absolute Gasteiger partial charge is 0.141 e. The van der Waals surface area contributed by atoms with Gasteiger partial charge in [0.25, 0.3) is 0 Å². The highest BCUT2D eigenvalue weighted by atomic mass is 15.0. The summed E-state index contributed by atoms with van der Waals surface area (Å²) in [7, 11) is 0. The van der Waals surface area contributed by atoms with E-state index >= 15 is 0 Å². The van der Waals surface area contributed by atoms with Crippen molar-refractivity contribution in [1.82, 2.24) is 10.3 Å². The van der Waals surface area contributed by atoms with Crippen LogP contribution in [0.2, 0.25) is 0 Å². The molecule has 0 bridgehead atoms. The largest absolute Gasteiger partial charge is 0.380 e. The van der Waals surface area contributed by atoms with Crippen molar-refractivity contribution in [3.8, 4) is 6.07 Å². The normalized spacial score (nSPS) is 18.7. The van der Waals surface area contributed by atoms with E-state index < -0.39 is 0 Å². The maximum absolute atomic E-state index is 8.86. The van der Waals surface area contributed by atoms with Gasteiger partial charge in [-0.1, -0.05) is 6.07 Å². The molecule has 18 heavy (non-hydrogen) atoms. The molecule has 2 aromatic rings. The summed E-state index contributed by atoms with van der Waals surface area (Å²) in [5.41, 5.74) is 2.42. The van der Waals surface area contributed by atoms with Gasteiger partial charge in [-0.3, -0.25) is 0 Å². The summed E-state index contributed by atoms with van der Waals surface area (Å²) in [6.07, 6.45) is 1.14. The second kappa shape index (κ2) is 4.63. The van der Waals surface area contributed by atoms with Gasteiger partial charge in [-0.15, -0.1) is 0 Å². The lowest BCUT2D eigenvalue weighted by Crippen LogP contribution is -2.22. The SMILES string of the molecule is N#Cc1ccc2c(N[C@H]3CCNC3)cccc2n1. The number of pyridine rings is 1. The Kier molecular flexibility index (Phi) is 2.83. The molecule has 4 heteroatoms. The topological polar surface area (TPSA) is 60.7 Å². The number of nitrogens with zero attached hydrogens (tertiary/aromatic N) is 2. The lowest BCUT2D eigenvalue weighted by atomic mass is 10.1. The maximum Gasteiger partial charge on any atom is 0.141 e. The van der Waals surface area contributed by atoms with Crippen molar-refractivity contribution in [2.45, 2.75) is 12.5 Å². The molecule has 0 spiro atoms. The minimum atomic E-state index is 0.460. The Balaban J connectivity index is 1.99. The van der Waals surface area contributed by atoms with Gasteiger partial charge in [-0.25, -0.2) is 4.98 Å². The van der Waals surface area contributed by atoms with Crippen LogP contribution in [0.3, 0.4) is 0 Å². The van der Waals surface area contributed by atoms with Gasteiger partial charge >= 0.3 is 0 Å². The molecule has 0 unspecified atom stereocenters. The Morgan fingerprint density at radius 3 is 3.06 bits per heavy atom. The van der Waals surface area contributed by atoms with Crippen molar-refractivity contribution in [3.05, 3.63) is 36.0 Å². The first kappa shape index (κ1) is 11.0. The standard InChI is InChI=1S/C14H14N4/c15-8-10-4-5-12-13(17-10)2-1-3-14(12)18-11-6-7-16-9-11/h1-5,11,16,18H,6-7,9H2/t11-/m0/s1. The highest BCUT2D eigenvalue weighted by Gasteiger charge is 2.14. The van der Waals surface area contributed by atoms with E-state index in [-0.39, 0.29) is 0 Å². The third kappa shape index (κ3) is 2.01. The number of rotatable bonds is 2. The zero-order valence-electron chi connectivity index (χ0n) is 9.98. The Labute approximate surface area is 106 Å². The Bertz CT molecular complexity index is 609. The number of hydrogen-bond donors (Lipinski definition) is 2. The quantitative estimate of drug-likeness (QED) is 0.838. The molecule has 1 aromatic heterocycles. The maximum atomic E-state index is 8.86. The highest BCUT2D eigenvalue weighted by molar-refractivity contribution is 5.91. The van der Waals surface area contributed by atoms with E-state index in [4.69, 9.17) is 5.26 Å². The average molecular weight is 238 g/mol. The Hall–Kier alpha value is -2.12. The summed E-state index contributed by atoms with van der Waals surface area (Å²) in [5.74, 6) is 0. The van der Waals surface area contributed by atoms with Gasteiger partial charge in [0, 0.05) is 23.7 Å². The Morgan fingerprint density at radius 1 is 1.33 bits per heavy atom. The van der Waals surface area contributed by atoms with E-state index in [1.54, 1.807) is 6.07 Å². The van der Waals surface area contributed by atoms with Crippen LogP contribution in [0.15, 0.2) is 30.3 Å². The van der Waals surface area contributed by atoms with Crippen LogP contribution in [0.25, 0.3) is 10.9 Å². The van der Waals surface area contributed by atoms with E-state index in [0.29, 0.717) is 11.7 Å². The molecule has 1 saturated heterocycles. The molecule has 3 rings (SSSR count). The molecule has 2 N–H and O–H groups in total. The van der Waals surface area contributed by atoms with Gasteiger partial charge in [-0.05, 0) is 37.2 Å². The van der Waals surface area contributed by atoms with Crippen LogP contribution in [0.4, 0.5) is 5.69 Å². The van der Waals surface area contributed by atoms with Gasteiger partial charge in [0.1, 0.15) is 11.8 Å². The summed E-state index contributed by atoms with van der Waals surface area (Å²) in [5, 5.41) is 16.8. The molecular formula is C14H14N4. The number of nitrogens with one attached hydrogen (secondary N) is 2. The number of aromatic nitrogens is 1. The molecule has 90 valence electrons. The number of benzene rings is 1. The molecule has 0 aliphatic carbocycles. The molecule has 0 radical (unpaired) electrons. The van der Waals surface area contributed by atoms with Gasteiger partial charge in [0.15, 0.2) is 0 Å². The van der Waals surface area contributed by atoms with Crippen molar-refractivity contribution in [3.63, 3.8) is 0 Å². The van der Waals surface area contributed by atoms with Gasteiger partial charge in [0.2, 0.25) is 0 Å². The lowest BCUT2D eigenvalue weighted by Gasteiger charge is -2.14. The fourth-order valence-electron chi connectivity index (χ4n) is 2.34. The predicted octanol–water partition coefficient (Wildman–Crippen LogP) is 1.88. The van der Waals surface area contributed by atoms with Crippen LogP contribution in [0, 0.1) is 11.3 Å². The number of nitriles is 1. The minimum absolute atomic E-state index is 0.460. The second-order valence-corrected chi connectivity index (χ2v) is 4.51. The van der Waals surface area contributed by atoms with Crippen molar-refractivity contribution in [2.24, 2.45) is 0 Å². The summed E-state index contributed by atoms with van der Waals surface area (Å²) >= 11 is 0. The monoisotopic (exact) mass is 238 g/mol. The number of anilines is 1. The molecule has 0 amide bonds. The predicted molar refractivity (Wildman–Crippen MR) is 71.4 cm³/mol. The van der Waals surface area contributed by atoms with Gasteiger partial charge < -0.3 is 10.6 Å². The molecule has 1 aromatic carbocycles. The van der Waals surface area contributed by atoms with Crippen LogP contribution in [0.5, 0.6) is 0 Å². The average Bonchev–Trinajstić information content (AvgIpc) is 2.91. The third-order valence-corrected chi connectivity index (χ3v) is 3.27. The zero-order valence-corrected chi connectivity index (χ0v) is 9.98. The molecule has 1 fully saturated rings. The Morgan fingerprint density at radius 2 is 2.28 bits per heavy atom. The fraction of sp³-hybridized carbons (Fsp3) is 0.286. The van der Waals surface area contributed by atoms with E-state index in [2.05, 4.69) is 27.8 Å². The zero-order chi connectivity index (χ0) is 12.4. The van der Waals surface area contributed by atoms with Crippen LogP contribution in [-0.2, 0) is 0 Å². The van der Waals surface area contributed by atoms with E-state index in [1.165, 1.54) is 0 Å². The summed E-state index contributed by atoms with van der Waals surface area (Å²) in [4.78, 5) is 4.31. The molecule has 1 aliphatic rings. The lowest BCUT2D eigenvalue weighted by molar-refractivity contribution is 0.794. The third-order valence-electron chi connectivity index (χ3n) is 3.27. The second-order valence-electron chi connectivity index (χ2n) is 4.51. The van der Waals surface area contributed by atoms with E-state index in [0.717, 1.165) is 36.1 Å². The van der Waals surface area contributed by atoms with Crippen molar-refractivity contribution in [1.29, 1.82) is 5.26 Å². The van der Waals surface area contributed by atoms with Crippen molar-refractivity contribution < 1.29 is 0 Å². The highest BCUT2D eigenvalue weighted by Crippen LogP contribution is 2.23. The summed E-state index contributed by atoms with van der Waals surface area (Å²) in [6.45, 7) is 2.07. The van der Waals surface area contributed by atoms with Crippen molar-refractivity contribution in [2.75, 3.05) is 18.4 Å². The van der Waals surface area contributed by atoms with Gasteiger partial charge in [0.05, 0.1) is 5.52 Å². The molecule has 1 aliphatic heterocycles. The first-order valence-electron chi connectivity index (χ1n) is 6.14. The summed E-state index contributed by atoms with van der Waals surface area (Å²) in [6, 6.07) is 12.3. The molecule has 0 saturated carbocycles. The first-order valence-corrected chi connectivity index (χ1v) is 6.14. The van der Waals surface area contributed by atoms with E-state index in [1.807, 2.05) is 18.2 Å². The van der Waals surface area contributed by atoms with Crippen LogP contribution in [-0.4, -0.2) is 24.1 Å². The molecule has 2 heterocycles. The fourth-order valence-corrected chi connectivity index (χ4v) is 2.34. The van der Waals surface area contributed by atoms with Crippen molar-refractivity contribution >= 4 is 16.6 Å². The minimum Gasteiger partial charge on any atom is -0.380 e. The molecule has 4 nitrogen and oxygen atoms in total. The number of fused-ring (bicyclic) bond motifs is 1. The van der Waals surface area contributed by atoms with E-state index in [9.17, 15) is 0 Å². The van der Waals surface area contributed by atoms with Crippen LogP contribution < -0.4 is 10.6 Å². The first-order chi connectivity index (χ1) is 8.86. The van der Waals surface area contributed by atoms with Crippen LogP contribution >= 0.6 is 0 Å². The number of hydrogen-bond acceptors (Lipinski definition) is 4. The van der Waals surface area contributed by atoms with Crippen LogP contribution in [0.1, 0.15) is 12.1 Å². The molecule has 1 atom stereocenters. The van der Waals surface area contributed by atoms with Gasteiger partial charge in [-0.2, -0.15) is 5.26 Å². The molecular weight excluding hydrogens is 224 g/mol. The summed E-state index contributed by atoms with van der Waals surface area (Å²) < 4.78 is 0.